The van der Waals surface area contributed by atoms with Gasteiger partial charge in [0.2, 0.25) is 5.91 Å². The van der Waals surface area contributed by atoms with Gasteiger partial charge in [-0.2, -0.15) is 0 Å². The lowest BCUT2D eigenvalue weighted by atomic mass is 10.0. The van der Waals surface area contributed by atoms with Gasteiger partial charge < -0.3 is 5.32 Å². The van der Waals surface area contributed by atoms with Crippen molar-refractivity contribution in [2.75, 3.05) is 5.32 Å². The van der Waals surface area contributed by atoms with Crippen LogP contribution in [0.1, 0.15) is 31.4 Å². The van der Waals surface area contributed by atoms with Crippen molar-refractivity contribution < 1.29 is 9.18 Å². The van der Waals surface area contributed by atoms with Gasteiger partial charge in [-0.15, -0.1) is 0 Å². The fraction of sp³-hybridized carbons (Fsp3) is 0.316. The highest BCUT2D eigenvalue weighted by atomic mass is 79.9. The first-order chi connectivity index (χ1) is 11.5. The molecule has 0 unspecified atom stereocenters. The van der Waals surface area contributed by atoms with E-state index in [1.807, 2.05) is 25.1 Å². The minimum Gasteiger partial charge on any atom is -0.322 e. The van der Waals surface area contributed by atoms with Crippen molar-refractivity contribution in [1.29, 1.82) is 0 Å². The molecule has 2 N–H and O–H groups in total. The second-order valence-electron chi connectivity index (χ2n) is 6.23. The highest BCUT2D eigenvalue weighted by Crippen LogP contribution is 2.41. The molecule has 0 spiro atoms. The number of anilines is 1. The quantitative estimate of drug-likeness (QED) is 0.752. The molecule has 1 fully saturated rings. The van der Waals surface area contributed by atoms with Crippen LogP contribution >= 0.6 is 15.9 Å². The van der Waals surface area contributed by atoms with Crippen LogP contribution in [0.15, 0.2) is 53.0 Å². The molecule has 0 radical (unpaired) electrons. The Hall–Kier alpha value is -1.72. The van der Waals surface area contributed by atoms with Crippen LogP contribution in [0.3, 0.4) is 0 Å². The lowest BCUT2D eigenvalue weighted by molar-refractivity contribution is -0.118. The molecule has 3 rings (SSSR count). The zero-order chi connectivity index (χ0) is 17.1. The van der Waals surface area contributed by atoms with E-state index in [4.69, 9.17) is 0 Å². The Labute approximate surface area is 149 Å². The standard InChI is InChI=1S/C19H20BrFN2O/c1-12(19(24)23-17-10-9-15(20)11-16(17)21)22-18(14-7-8-14)13-5-3-2-4-6-13/h2-6,9-12,14,18,22H,7-8H2,1H3,(H,23,24)/t12-,18-/m1/s1. The van der Waals surface area contributed by atoms with Crippen LogP contribution in [-0.4, -0.2) is 11.9 Å². The molecule has 3 nitrogen and oxygen atoms in total. The van der Waals surface area contributed by atoms with Gasteiger partial charge in [-0.3, -0.25) is 10.1 Å². The third-order valence-corrected chi connectivity index (χ3v) is 4.76. The molecule has 0 bridgehead atoms. The van der Waals surface area contributed by atoms with Crippen molar-refractivity contribution in [3.8, 4) is 0 Å². The summed E-state index contributed by atoms with van der Waals surface area (Å²) in [5.41, 5.74) is 1.38. The SMILES string of the molecule is C[C@@H](N[C@H](c1ccccc1)C1CC1)C(=O)Nc1ccc(Br)cc1F. The molecule has 2 aromatic rings. The molecule has 1 aliphatic rings. The average molecular weight is 391 g/mol. The number of amides is 1. The molecule has 1 saturated carbocycles. The summed E-state index contributed by atoms with van der Waals surface area (Å²) in [4.78, 5) is 12.4. The van der Waals surface area contributed by atoms with E-state index in [1.165, 1.54) is 24.5 Å². The fourth-order valence-corrected chi connectivity index (χ4v) is 3.10. The first-order valence-electron chi connectivity index (χ1n) is 8.11. The van der Waals surface area contributed by atoms with Crippen LogP contribution in [0.25, 0.3) is 0 Å². The maximum Gasteiger partial charge on any atom is 0.241 e. The van der Waals surface area contributed by atoms with Gasteiger partial charge in [-0.05, 0) is 49.4 Å². The number of halogens is 2. The number of carbonyl (C=O) groups is 1. The lowest BCUT2D eigenvalue weighted by Gasteiger charge is -2.23. The fourth-order valence-electron chi connectivity index (χ4n) is 2.77. The molecule has 2 atom stereocenters. The van der Waals surface area contributed by atoms with E-state index < -0.39 is 11.9 Å². The first kappa shape index (κ1) is 17.1. The van der Waals surface area contributed by atoms with Crippen LogP contribution in [0.2, 0.25) is 0 Å². The zero-order valence-electron chi connectivity index (χ0n) is 13.4. The predicted molar refractivity (Wildman–Crippen MR) is 97.2 cm³/mol. The largest absolute Gasteiger partial charge is 0.322 e. The van der Waals surface area contributed by atoms with Crippen LogP contribution in [-0.2, 0) is 4.79 Å². The van der Waals surface area contributed by atoms with E-state index in [0.717, 1.165) is 0 Å². The monoisotopic (exact) mass is 390 g/mol. The zero-order valence-corrected chi connectivity index (χ0v) is 15.0. The minimum atomic E-state index is -0.452. The third-order valence-electron chi connectivity index (χ3n) is 4.26. The minimum absolute atomic E-state index is 0.154. The van der Waals surface area contributed by atoms with Crippen LogP contribution in [0.4, 0.5) is 10.1 Å². The van der Waals surface area contributed by atoms with Crippen LogP contribution in [0, 0.1) is 11.7 Å². The van der Waals surface area contributed by atoms with Crippen molar-refractivity contribution in [3.05, 3.63) is 64.4 Å². The van der Waals surface area contributed by atoms with Gasteiger partial charge in [0, 0.05) is 10.5 Å². The Morgan fingerprint density at radius 1 is 1.21 bits per heavy atom. The first-order valence-corrected chi connectivity index (χ1v) is 8.91. The Balaban J connectivity index is 1.66. The van der Waals surface area contributed by atoms with Crippen molar-refractivity contribution in [2.24, 2.45) is 5.92 Å². The van der Waals surface area contributed by atoms with E-state index in [9.17, 15) is 9.18 Å². The van der Waals surface area contributed by atoms with E-state index >= 15 is 0 Å². The van der Waals surface area contributed by atoms with Crippen LogP contribution in [0.5, 0.6) is 0 Å². The average Bonchev–Trinajstić information content (AvgIpc) is 3.40. The number of benzene rings is 2. The van der Waals surface area contributed by atoms with Gasteiger partial charge in [-0.25, -0.2) is 4.39 Å². The van der Waals surface area contributed by atoms with Crippen molar-refractivity contribution in [1.82, 2.24) is 5.32 Å². The topological polar surface area (TPSA) is 41.1 Å². The van der Waals surface area contributed by atoms with Crippen molar-refractivity contribution >= 4 is 27.5 Å². The second-order valence-corrected chi connectivity index (χ2v) is 7.14. The van der Waals surface area contributed by atoms with Gasteiger partial charge in [0.05, 0.1) is 11.7 Å². The number of carbonyl (C=O) groups excluding carboxylic acids is 1. The Morgan fingerprint density at radius 3 is 2.54 bits per heavy atom. The summed E-state index contributed by atoms with van der Waals surface area (Å²) < 4.78 is 14.5. The Morgan fingerprint density at radius 2 is 1.92 bits per heavy atom. The molecule has 0 aromatic heterocycles. The molecule has 1 aliphatic carbocycles. The van der Waals surface area contributed by atoms with E-state index in [2.05, 4.69) is 38.7 Å². The van der Waals surface area contributed by atoms with E-state index in [-0.39, 0.29) is 17.6 Å². The summed E-state index contributed by atoms with van der Waals surface area (Å²) in [5, 5.41) is 6.06. The molecule has 126 valence electrons. The summed E-state index contributed by atoms with van der Waals surface area (Å²) in [6.07, 6.45) is 2.34. The Kier molecular flexibility index (Phi) is 5.31. The molecular weight excluding hydrogens is 371 g/mol. The highest BCUT2D eigenvalue weighted by molar-refractivity contribution is 9.10. The molecule has 1 amide bonds. The third kappa shape index (κ3) is 4.22. The van der Waals surface area contributed by atoms with Gasteiger partial charge in [0.15, 0.2) is 0 Å². The molecule has 24 heavy (non-hydrogen) atoms. The van der Waals surface area contributed by atoms with Gasteiger partial charge >= 0.3 is 0 Å². The summed E-state index contributed by atoms with van der Waals surface area (Å²) in [5.74, 6) is -0.128. The summed E-state index contributed by atoms with van der Waals surface area (Å²) >= 11 is 3.21. The lowest BCUT2D eigenvalue weighted by Crippen LogP contribution is -2.41. The van der Waals surface area contributed by atoms with Crippen LogP contribution < -0.4 is 10.6 Å². The molecule has 5 heteroatoms. The number of hydrogen-bond donors (Lipinski definition) is 2. The normalized spacial score (nSPS) is 16.5. The van der Waals surface area contributed by atoms with Crippen molar-refractivity contribution in [3.63, 3.8) is 0 Å². The Bertz CT molecular complexity index is 719. The number of hydrogen-bond acceptors (Lipinski definition) is 2. The predicted octanol–water partition coefficient (Wildman–Crippen LogP) is 4.66. The molecule has 2 aromatic carbocycles. The summed E-state index contributed by atoms with van der Waals surface area (Å²) in [6.45, 7) is 1.81. The summed E-state index contributed by atoms with van der Waals surface area (Å²) in [6, 6.07) is 14.5. The van der Waals surface area contributed by atoms with Crippen molar-refractivity contribution in [2.45, 2.75) is 31.8 Å². The molecule has 0 aliphatic heterocycles. The maximum atomic E-state index is 13.9. The van der Waals surface area contributed by atoms with E-state index in [0.29, 0.717) is 10.4 Å². The molecular formula is C19H20BrFN2O. The van der Waals surface area contributed by atoms with Gasteiger partial charge in [-0.1, -0.05) is 46.3 Å². The molecule has 0 heterocycles. The van der Waals surface area contributed by atoms with E-state index in [1.54, 1.807) is 12.1 Å². The maximum absolute atomic E-state index is 13.9. The number of nitrogens with one attached hydrogen (secondary N) is 2. The highest BCUT2D eigenvalue weighted by Gasteiger charge is 2.34. The van der Waals surface area contributed by atoms with Gasteiger partial charge in [0.25, 0.3) is 0 Å². The second kappa shape index (κ2) is 7.45. The molecule has 0 saturated heterocycles. The summed E-state index contributed by atoms with van der Waals surface area (Å²) in [7, 11) is 0. The number of rotatable bonds is 6. The van der Waals surface area contributed by atoms with Gasteiger partial charge in [0.1, 0.15) is 5.82 Å². The smallest absolute Gasteiger partial charge is 0.241 e.